The predicted molar refractivity (Wildman–Crippen MR) is 94.1 cm³/mol. The van der Waals surface area contributed by atoms with Crippen LogP contribution in [0.3, 0.4) is 0 Å². The maximum Gasteiger partial charge on any atom is 0.244 e. The molecule has 1 unspecified atom stereocenters. The van der Waals surface area contributed by atoms with Crippen LogP contribution in [-0.2, 0) is 0 Å². The second kappa shape index (κ2) is 7.34. The average Bonchev–Trinajstić information content (AvgIpc) is 3.04. The normalized spacial score (nSPS) is 18.1. The highest BCUT2D eigenvalue weighted by Gasteiger charge is 2.21. The first kappa shape index (κ1) is 17.0. The smallest absolute Gasteiger partial charge is 0.244 e. The Morgan fingerprint density at radius 2 is 2.00 bits per heavy atom. The average molecular weight is 329 g/mol. The molecule has 1 fully saturated rings. The summed E-state index contributed by atoms with van der Waals surface area (Å²) in [6.07, 6.45) is 3.48. The van der Waals surface area contributed by atoms with E-state index in [0.29, 0.717) is 17.6 Å². The summed E-state index contributed by atoms with van der Waals surface area (Å²) in [6, 6.07) is 4.34. The van der Waals surface area contributed by atoms with Crippen molar-refractivity contribution in [2.75, 3.05) is 13.2 Å². The molecule has 1 N–H and O–H groups in total. The fourth-order valence-corrected chi connectivity index (χ4v) is 3.11. The predicted octanol–water partition coefficient (Wildman–Crippen LogP) is 4.20. The number of hydrogen-bond donors (Lipinski definition) is 1. The molecule has 1 aliphatic rings. The van der Waals surface area contributed by atoms with Gasteiger partial charge in [0.05, 0.1) is 12.6 Å². The lowest BCUT2D eigenvalue weighted by atomic mass is 10.0. The molecule has 0 radical (unpaired) electrons. The number of ether oxygens (including phenoxy) is 1. The van der Waals surface area contributed by atoms with Crippen molar-refractivity contribution in [1.82, 2.24) is 15.5 Å². The van der Waals surface area contributed by atoms with Crippen LogP contribution in [0, 0.1) is 19.8 Å². The number of hydrogen-bond acceptors (Lipinski definition) is 5. The van der Waals surface area contributed by atoms with E-state index >= 15 is 0 Å². The highest BCUT2D eigenvalue weighted by atomic mass is 16.5. The first-order chi connectivity index (χ1) is 11.5. The molecule has 1 aromatic heterocycles. The van der Waals surface area contributed by atoms with E-state index in [0.717, 1.165) is 42.0 Å². The van der Waals surface area contributed by atoms with Crippen molar-refractivity contribution in [3.05, 3.63) is 29.2 Å². The van der Waals surface area contributed by atoms with Gasteiger partial charge in [0.15, 0.2) is 0 Å². The van der Waals surface area contributed by atoms with E-state index in [1.54, 1.807) is 0 Å². The van der Waals surface area contributed by atoms with E-state index in [9.17, 15) is 0 Å². The van der Waals surface area contributed by atoms with Crippen molar-refractivity contribution in [3.8, 4) is 17.1 Å². The Kier molecular flexibility index (Phi) is 5.19. The third kappa shape index (κ3) is 3.78. The van der Waals surface area contributed by atoms with Crippen LogP contribution in [0.5, 0.6) is 5.75 Å². The van der Waals surface area contributed by atoms with Crippen molar-refractivity contribution >= 4 is 0 Å². The summed E-state index contributed by atoms with van der Waals surface area (Å²) < 4.78 is 11.4. The van der Waals surface area contributed by atoms with Crippen LogP contribution >= 0.6 is 0 Å². The maximum atomic E-state index is 5.95. The monoisotopic (exact) mass is 329 g/mol. The third-order valence-electron chi connectivity index (χ3n) is 4.33. The Bertz CT molecular complexity index is 665. The zero-order valence-corrected chi connectivity index (χ0v) is 15.1. The van der Waals surface area contributed by atoms with Crippen molar-refractivity contribution in [2.45, 2.75) is 53.0 Å². The van der Waals surface area contributed by atoms with E-state index in [4.69, 9.17) is 9.26 Å². The molecule has 1 aromatic carbocycles. The van der Waals surface area contributed by atoms with Crippen LogP contribution in [0.4, 0.5) is 0 Å². The van der Waals surface area contributed by atoms with Gasteiger partial charge < -0.3 is 14.6 Å². The Labute approximate surface area is 143 Å². The standard InChI is InChI=1S/C19H27N3O2/c1-12(2)11-23-17-13(3)9-15(10-14(17)4)18-21-19(24-22-18)16-7-5-6-8-20-16/h9-10,12,16,20H,5-8,11H2,1-4H3. The molecule has 0 bridgehead atoms. The molecule has 5 heteroatoms. The summed E-state index contributed by atoms with van der Waals surface area (Å²) in [5, 5.41) is 7.62. The summed E-state index contributed by atoms with van der Waals surface area (Å²) in [5.41, 5.74) is 3.19. The molecule has 24 heavy (non-hydrogen) atoms. The van der Waals surface area contributed by atoms with Crippen LogP contribution in [0.25, 0.3) is 11.4 Å². The Balaban J connectivity index is 1.81. The lowest BCUT2D eigenvalue weighted by Gasteiger charge is -2.19. The minimum Gasteiger partial charge on any atom is -0.493 e. The molecule has 2 aromatic rings. The quantitative estimate of drug-likeness (QED) is 0.890. The topological polar surface area (TPSA) is 60.2 Å². The molecule has 0 spiro atoms. The summed E-state index contributed by atoms with van der Waals surface area (Å²) in [5.74, 6) is 2.82. The Hall–Kier alpha value is -1.88. The number of rotatable bonds is 5. The number of aryl methyl sites for hydroxylation is 2. The Morgan fingerprint density at radius 1 is 1.25 bits per heavy atom. The van der Waals surface area contributed by atoms with Gasteiger partial charge in [0.25, 0.3) is 0 Å². The summed E-state index contributed by atoms with van der Waals surface area (Å²) >= 11 is 0. The van der Waals surface area contributed by atoms with Gasteiger partial charge in [-0.1, -0.05) is 25.4 Å². The van der Waals surface area contributed by atoms with Crippen molar-refractivity contribution in [1.29, 1.82) is 0 Å². The largest absolute Gasteiger partial charge is 0.493 e. The summed E-state index contributed by atoms with van der Waals surface area (Å²) in [7, 11) is 0. The van der Waals surface area contributed by atoms with Crippen LogP contribution in [0.1, 0.15) is 56.2 Å². The SMILES string of the molecule is Cc1cc(-c2noc(C3CCCCN3)n2)cc(C)c1OCC(C)C. The highest BCUT2D eigenvalue weighted by molar-refractivity contribution is 5.61. The minimum atomic E-state index is 0.191. The molecule has 0 saturated carbocycles. The number of piperidine rings is 1. The first-order valence-corrected chi connectivity index (χ1v) is 8.86. The molecule has 3 rings (SSSR count). The first-order valence-electron chi connectivity index (χ1n) is 8.86. The van der Waals surface area contributed by atoms with Gasteiger partial charge in [-0.3, -0.25) is 0 Å². The van der Waals surface area contributed by atoms with Crippen LogP contribution < -0.4 is 10.1 Å². The van der Waals surface area contributed by atoms with Gasteiger partial charge >= 0.3 is 0 Å². The molecule has 0 amide bonds. The molecule has 5 nitrogen and oxygen atoms in total. The molecule has 2 heterocycles. The van der Waals surface area contributed by atoms with Crippen molar-refractivity contribution < 1.29 is 9.26 Å². The van der Waals surface area contributed by atoms with Crippen molar-refractivity contribution in [3.63, 3.8) is 0 Å². The lowest BCUT2D eigenvalue weighted by Crippen LogP contribution is -2.26. The molecule has 130 valence electrons. The summed E-state index contributed by atoms with van der Waals surface area (Å²) in [6.45, 7) is 10.2. The third-order valence-corrected chi connectivity index (χ3v) is 4.33. The van der Waals surface area contributed by atoms with Crippen molar-refractivity contribution in [2.24, 2.45) is 5.92 Å². The van der Waals surface area contributed by atoms with E-state index in [2.05, 4.69) is 55.3 Å². The van der Waals surface area contributed by atoms with Gasteiger partial charge in [-0.25, -0.2) is 0 Å². The lowest BCUT2D eigenvalue weighted by molar-refractivity contribution is 0.268. The van der Waals surface area contributed by atoms with Gasteiger partial charge in [-0.2, -0.15) is 4.98 Å². The van der Waals surface area contributed by atoms with E-state index < -0.39 is 0 Å². The molecule has 1 atom stereocenters. The zero-order chi connectivity index (χ0) is 17.1. The number of nitrogens with one attached hydrogen (secondary N) is 1. The molecular weight excluding hydrogens is 302 g/mol. The van der Waals surface area contributed by atoms with Gasteiger partial charge in [0.2, 0.25) is 11.7 Å². The fourth-order valence-electron chi connectivity index (χ4n) is 3.11. The molecule has 1 aliphatic heterocycles. The number of aromatic nitrogens is 2. The van der Waals surface area contributed by atoms with E-state index in [-0.39, 0.29) is 6.04 Å². The summed E-state index contributed by atoms with van der Waals surface area (Å²) in [4.78, 5) is 4.61. The second-order valence-electron chi connectivity index (χ2n) is 7.10. The molecule has 0 aliphatic carbocycles. The zero-order valence-electron chi connectivity index (χ0n) is 15.1. The van der Waals surface area contributed by atoms with Crippen LogP contribution in [-0.4, -0.2) is 23.3 Å². The number of nitrogens with zero attached hydrogens (tertiary/aromatic N) is 2. The van der Waals surface area contributed by atoms with Gasteiger partial charge in [-0.15, -0.1) is 0 Å². The van der Waals surface area contributed by atoms with Crippen LogP contribution in [0.15, 0.2) is 16.7 Å². The van der Waals surface area contributed by atoms with E-state index in [1.807, 2.05) is 0 Å². The molecular formula is C19H27N3O2. The number of benzene rings is 1. The van der Waals surface area contributed by atoms with Gasteiger partial charge in [0.1, 0.15) is 5.75 Å². The maximum absolute atomic E-state index is 5.95. The fraction of sp³-hybridized carbons (Fsp3) is 0.579. The Morgan fingerprint density at radius 3 is 2.62 bits per heavy atom. The van der Waals surface area contributed by atoms with Gasteiger partial charge in [-0.05, 0) is 62.4 Å². The van der Waals surface area contributed by atoms with Gasteiger partial charge in [0, 0.05) is 5.56 Å². The molecule has 1 saturated heterocycles. The highest BCUT2D eigenvalue weighted by Crippen LogP contribution is 2.30. The minimum absolute atomic E-state index is 0.191. The van der Waals surface area contributed by atoms with Crippen LogP contribution in [0.2, 0.25) is 0 Å². The second-order valence-corrected chi connectivity index (χ2v) is 7.10. The van der Waals surface area contributed by atoms with E-state index in [1.165, 1.54) is 12.8 Å².